The zero-order chi connectivity index (χ0) is 9.94. The van der Waals surface area contributed by atoms with Crippen LogP contribution >= 0.6 is 0 Å². The molecule has 0 saturated carbocycles. The summed E-state index contributed by atoms with van der Waals surface area (Å²) in [4.78, 5) is 11.0. The molecular weight excluding hydrogens is 164 g/mol. The number of carbonyl (C=O) groups excluding carboxylic acids is 1. The smallest absolute Gasteiger partial charge is 0.305 e. The molecule has 0 fully saturated rings. The van der Waals surface area contributed by atoms with E-state index in [-0.39, 0.29) is 5.97 Å². The highest BCUT2D eigenvalue weighted by molar-refractivity contribution is 5.69. The highest BCUT2D eigenvalue weighted by atomic mass is 16.5. The second-order valence-corrected chi connectivity index (χ2v) is 3.24. The lowest BCUT2D eigenvalue weighted by Crippen LogP contribution is -2.05. The maximum Gasteiger partial charge on any atom is 0.305 e. The molecule has 0 saturated heterocycles. The zero-order valence-corrected chi connectivity index (χ0v) is 8.68. The number of hydrogen-bond donors (Lipinski definition) is 0. The van der Waals surface area contributed by atoms with E-state index < -0.39 is 0 Å². The van der Waals surface area contributed by atoms with Crippen LogP contribution in [0.2, 0.25) is 0 Å². The molecule has 2 nitrogen and oxygen atoms in total. The van der Waals surface area contributed by atoms with Crippen molar-refractivity contribution in [1.82, 2.24) is 0 Å². The van der Waals surface area contributed by atoms with Gasteiger partial charge in [-0.3, -0.25) is 4.79 Å². The van der Waals surface area contributed by atoms with Gasteiger partial charge in [0.1, 0.15) is 0 Å². The van der Waals surface area contributed by atoms with Crippen molar-refractivity contribution < 1.29 is 9.53 Å². The molecule has 0 heterocycles. The van der Waals surface area contributed by atoms with Crippen molar-refractivity contribution in [3.63, 3.8) is 0 Å². The summed E-state index contributed by atoms with van der Waals surface area (Å²) in [6.07, 6.45) is 6.73. The molecule has 0 aromatic rings. The molecule has 0 aromatic carbocycles. The van der Waals surface area contributed by atoms with Crippen LogP contribution in [0, 0.1) is 6.92 Å². The van der Waals surface area contributed by atoms with Crippen molar-refractivity contribution in [3.05, 3.63) is 6.92 Å². The molecule has 2 heteroatoms. The molecular formula is C11H21O2. The highest BCUT2D eigenvalue weighted by Gasteiger charge is 2.00. The van der Waals surface area contributed by atoms with Gasteiger partial charge in [0.05, 0.1) is 6.61 Å². The minimum Gasteiger partial charge on any atom is -0.466 e. The molecule has 0 aliphatic carbocycles. The minimum atomic E-state index is -0.0440. The Morgan fingerprint density at radius 2 is 2.00 bits per heavy atom. The maximum atomic E-state index is 11.0. The van der Waals surface area contributed by atoms with E-state index in [4.69, 9.17) is 4.74 Å². The Kier molecular flexibility index (Phi) is 9.17. The van der Waals surface area contributed by atoms with Crippen LogP contribution in [-0.4, -0.2) is 12.6 Å². The quantitative estimate of drug-likeness (QED) is 0.429. The van der Waals surface area contributed by atoms with Crippen molar-refractivity contribution >= 4 is 5.97 Å². The fourth-order valence-corrected chi connectivity index (χ4v) is 1.06. The summed E-state index contributed by atoms with van der Waals surface area (Å²) in [5, 5.41) is 0. The summed E-state index contributed by atoms with van der Waals surface area (Å²) >= 11 is 0. The summed E-state index contributed by atoms with van der Waals surface area (Å²) in [6.45, 7) is 6.42. The molecule has 0 aliphatic heterocycles. The van der Waals surface area contributed by atoms with Gasteiger partial charge in [0.15, 0.2) is 0 Å². The van der Waals surface area contributed by atoms with Gasteiger partial charge in [0.25, 0.3) is 0 Å². The number of unbranched alkanes of at least 4 members (excludes halogenated alkanes) is 4. The molecule has 0 rings (SSSR count). The van der Waals surface area contributed by atoms with Gasteiger partial charge < -0.3 is 4.74 Å². The Hall–Kier alpha value is -0.530. The third-order valence-electron chi connectivity index (χ3n) is 1.89. The molecule has 0 aromatic heterocycles. The number of ether oxygens (including phenoxy) is 1. The highest BCUT2D eigenvalue weighted by Crippen LogP contribution is 2.01. The standard InChI is InChI=1S/C11H21O2/c1-3-5-7-9-11(12)13-10-8-6-4-2/h2-10H2,1H3. The van der Waals surface area contributed by atoms with Gasteiger partial charge in [-0.25, -0.2) is 0 Å². The Labute approximate surface area is 81.7 Å². The minimum absolute atomic E-state index is 0.0440. The van der Waals surface area contributed by atoms with Gasteiger partial charge in [-0.05, 0) is 12.8 Å². The van der Waals surface area contributed by atoms with Crippen LogP contribution in [0.4, 0.5) is 0 Å². The van der Waals surface area contributed by atoms with Crippen LogP contribution in [0.15, 0.2) is 0 Å². The largest absolute Gasteiger partial charge is 0.466 e. The van der Waals surface area contributed by atoms with Crippen molar-refractivity contribution in [2.24, 2.45) is 0 Å². The van der Waals surface area contributed by atoms with E-state index in [0.29, 0.717) is 13.0 Å². The second-order valence-electron chi connectivity index (χ2n) is 3.24. The van der Waals surface area contributed by atoms with Crippen molar-refractivity contribution in [1.29, 1.82) is 0 Å². The van der Waals surface area contributed by atoms with Gasteiger partial charge in [-0.2, -0.15) is 0 Å². The summed E-state index contributed by atoms with van der Waals surface area (Å²) in [5.74, 6) is -0.0440. The van der Waals surface area contributed by atoms with E-state index in [1.54, 1.807) is 0 Å². The van der Waals surface area contributed by atoms with Crippen LogP contribution in [-0.2, 0) is 9.53 Å². The lowest BCUT2D eigenvalue weighted by Gasteiger charge is -2.03. The second kappa shape index (κ2) is 9.56. The number of hydrogen-bond acceptors (Lipinski definition) is 2. The van der Waals surface area contributed by atoms with Crippen molar-refractivity contribution in [2.75, 3.05) is 6.61 Å². The van der Waals surface area contributed by atoms with Crippen LogP contribution in [0.5, 0.6) is 0 Å². The van der Waals surface area contributed by atoms with E-state index in [1.165, 1.54) is 0 Å². The average Bonchev–Trinajstić information content (AvgIpc) is 2.13. The van der Waals surface area contributed by atoms with E-state index in [1.807, 2.05) is 0 Å². The Bertz CT molecular complexity index is 121. The van der Waals surface area contributed by atoms with E-state index in [2.05, 4.69) is 13.8 Å². The van der Waals surface area contributed by atoms with E-state index >= 15 is 0 Å². The topological polar surface area (TPSA) is 26.3 Å². The summed E-state index contributed by atoms with van der Waals surface area (Å²) in [6, 6.07) is 0. The van der Waals surface area contributed by atoms with Crippen LogP contribution in [0.3, 0.4) is 0 Å². The molecule has 0 N–H and O–H groups in total. The van der Waals surface area contributed by atoms with Gasteiger partial charge >= 0.3 is 5.97 Å². The predicted molar refractivity (Wildman–Crippen MR) is 54.3 cm³/mol. The van der Waals surface area contributed by atoms with Crippen LogP contribution in [0.1, 0.15) is 51.9 Å². The molecule has 0 spiro atoms. The van der Waals surface area contributed by atoms with Crippen LogP contribution < -0.4 is 0 Å². The Morgan fingerprint density at radius 1 is 1.23 bits per heavy atom. The summed E-state index contributed by atoms with van der Waals surface area (Å²) in [5.41, 5.74) is 0. The summed E-state index contributed by atoms with van der Waals surface area (Å²) in [7, 11) is 0. The average molecular weight is 185 g/mol. The number of rotatable bonds is 8. The molecule has 77 valence electrons. The molecule has 13 heavy (non-hydrogen) atoms. The first-order chi connectivity index (χ1) is 6.31. The fourth-order valence-electron chi connectivity index (χ4n) is 1.06. The molecule has 1 radical (unpaired) electrons. The molecule has 0 unspecified atom stereocenters. The molecule has 0 amide bonds. The van der Waals surface area contributed by atoms with Crippen molar-refractivity contribution in [2.45, 2.75) is 51.9 Å². The van der Waals surface area contributed by atoms with Gasteiger partial charge in [0.2, 0.25) is 0 Å². The first-order valence-corrected chi connectivity index (χ1v) is 5.26. The number of esters is 1. The van der Waals surface area contributed by atoms with E-state index in [0.717, 1.165) is 38.5 Å². The first kappa shape index (κ1) is 12.5. The third kappa shape index (κ3) is 9.38. The lowest BCUT2D eigenvalue weighted by atomic mass is 10.2. The lowest BCUT2D eigenvalue weighted by molar-refractivity contribution is -0.143. The third-order valence-corrected chi connectivity index (χ3v) is 1.89. The normalized spacial score (nSPS) is 10.0. The van der Waals surface area contributed by atoms with Crippen molar-refractivity contribution in [3.8, 4) is 0 Å². The van der Waals surface area contributed by atoms with Crippen LogP contribution in [0.25, 0.3) is 0 Å². The fraction of sp³-hybridized carbons (Fsp3) is 0.818. The Balaban J connectivity index is 3.11. The maximum absolute atomic E-state index is 11.0. The molecule has 0 atom stereocenters. The SMILES string of the molecule is [CH2]CCCCOC(=O)CCCCC. The predicted octanol–water partition coefficient (Wildman–Crippen LogP) is 3.11. The monoisotopic (exact) mass is 185 g/mol. The van der Waals surface area contributed by atoms with Gasteiger partial charge in [0, 0.05) is 6.42 Å². The summed E-state index contributed by atoms with van der Waals surface area (Å²) < 4.78 is 5.02. The van der Waals surface area contributed by atoms with E-state index in [9.17, 15) is 4.79 Å². The Morgan fingerprint density at radius 3 is 2.62 bits per heavy atom. The number of carbonyl (C=O) groups is 1. The van der Waals surface area contributed by atoms with Gasteiger partial charge in [-0.1, -0.05) is 39.5 Å². The van der Waals surface area contributed by atoms with Gasteiger partial charge in [-0.15, -0.1) is 0 Å². The zero-order valence-electron chi connectivity index (χ0n) is 8.68. The molecule has 0 aliphatic rings. The molecule has 0 bridgehead atoms. The first-order valence-electron chi connectivity index (χ1n) is 5.26.